The summed E-state index contributed by atoms with van der Waals surface area (Å²) in [6.45, 7) is 3.87. The number of nitrogens with zero attached hydrogens (tertiary/aromatic N) is 3. The largest absolute Gasteiger partial charge is 0.492 e. The minimum atomic E-state index is -5.27. The second-order valence-corrected chi connectivity index (χ2v) is 28.6. The molecule has 34 heteroatoms. The van der Waals surface area contributed by atoms with E-state index in [1.54, 1.807) is 23.3 Å². The highest BCUT2D eigenvalue weighted by atomic mass is 32.2. The van der Waals surface area contributed by atoms with Gasteiger partial charge in [-0.2, -0.15) is 46.7 Å². The maximum absolute atomic E-state index is 15.0. The molecule has 0 fully saturated rings. The monoisotopic (exact) mass is 1340 g/mol. The summed E-state index contributed by atoms with van der Waals surface area (Å²) in [6.07, 6.45) is 1.27. The van der Waals surface area contributed by atoms with E-state index in [0.29, 0.717) is 30.1 Å². The van der Waals surface area contributed by atoms with E-state index in [0.717, 1.165) is 24.3 Å². The lowest BCUT2D eigenvalue weighted by atomic mass is 9.73. The van der Waals surface area contributed by atoms with Crippen LogP contribution in [0.15, 0.2) is 89.8 Å². The van der Waals surface area contributed by atoms with E-state index >= 15 is 9.59 Å². The molecule has 3 atom stereocenters. The average Bonchev–Trinajstić information content (AvgIpc) is 1.59. The zero-order chi connectivity index (χ0) is 65.4. The van der Waals surface area contributed by atoms with Gasteiger partial charge in [-0.15, -0.1) is 4.73 Å². The van der Waals surface area contributed by atoms with Gasteiger partial charge in [0.15, 0.2) is 5.71 Å². The number of aromatic hydroxyl groups is 2. The zero-order valence-electron chi connectivity index (χ0n) is 48.1. The molecule has 0 amide bonds. The first-order valence-corrected chi connectivity index (χ1v) is 34.5. The Kier molecular flexibility index (Phi) is 20.2. The summed E-state index contributed by atoms with van der Waals surface area (Å²) in [6, 6.07) is 9.25. The Morgan fingerprint density at radius 3 is 1.64 bits per heavy atom. The smallest absolute Gasteiger partial charge is 0.333 e. The predicted molar refractivity (Wildman–Crippen MR) is 317 cm³/mol. The highest BCUT2D eigenvalue weighted by Gasteiger charge is 2.51. The summed E-state index contributed by atoms with van der Waals surface area (Å²) >= 11 is 0. The lowest BCUT2D eigenvalue weighted by Gasteiger charge is -2.35. The van der Waals surface area contributed by atoms with E-state index in [2.05, 4.69) is 0 Å². The van der Waals surface area contributed by atoms with Crippen molar-refractivity contribution in [1.82, 2.24) is 4.73 Å². The van der Waals surface area contributed by atoms with E-state index in [-0.39, 0.29) is 128 Å². The molecule has 8 rings (SSSR count). The first-order valence-electron chi connectivity index (χ1n) is 27.1. The Labute approximate surface area is 510 Å². The summed E-state index contributed by atoms with van der Waals surface area (Å²) in [7, 11) is -22.7. The van der Waals surface area contributed by atoms with Gasteiger partial charge in [0.25, 0.3) is 50.6 Å². The highest BCUT2D eigenvalue weighted by Crippen LogP contribution is 2.53. The highest BCUT2D eigenvalue weighted by molar-refractivity contribution is 7.87. The summed E-state index contributed by atoms with van der Waals surface area (Å²) in [5, 5.41) is 18.6. The number of fused-ring (bicyclic) bond motifs is 6. The van der Waals surface area contributed by atoms with Crippen LogP contribution in [0.3, 0.4) is 0 Å². The van der Waals surface area contributed by atoms with Gasteiger partial charge >= 0.3 is 5.97 Å². The van der Waals surface area contributed by atoms with Crippen molar-refractivity contribution >= 4 is 107 Å². The molecule has 0 aliphatic carbocycles. The Balaban J connectivity index is 1.34. The summed E-state index contributed by atoms with van der Waals surface area (Å²) in [5.41, 5.74) is -4.18. The van der Waals surface area contributed by atoms with Crippen LogP contribution in [-0.4, -0.2) is 188 Å². The van der Waals surface area contributed by atoms with E-state index in [1.807, 2.05) is 0 Å². The van der Waals surface area contributed by atoms with Crippen LogP contribution in [0.1, 0.15) is 57.1 Å². The van der Waals surface area contributed by atoms with E-state index in [9.17, 15) is 79.9 Å². The fourth-order valence-corrected chi connectivity index (χ4v) is 14.8. The molecule has 3 heterocycles. The van der Waals surface area contributed by atoms with Crippen molar-refractivity contribution in [3.05, 3.63) is 103 Å². The van der Waals surface area contributed by atoms with Crippen molar-refractivity contribution in [2.24, 2.45) is 0 Å². The fourth-order valence-electron chi connectivity index (χ4n) is 11.6. The van der Waals surface area contributed by atoms with Crippen LogP contribution in [0, 0.1) is 0 Å². The van der Waals surface area contributed by atoms with Gasteiger partial charge in [0.2, 0.25) is 28.3 Å². The van der Waals surface area contributed by atoms with Crippen LogP contribution >= 0.6 is 0 Å². The molecule has 0 bridgehead atoms. The molecule has 89 heavy (non-hydrogen) atoms. The van der Waals surface area contributed by atoms with Gasteiger partial charge in [-0.1, -0.05) is 13.0 Å². The average molecular weight is 1340 g/mol. The first-order chi connectivity index (χ1) is 41.6. The summed E-state index contributed by atoms with van der Waals surface area (Å²) in [5.74, 6) is -3.04. The molecule has 6 aromatic rings. The van der Waals surface area contributed by atoms with Gasteiger partial charge in [-0.25, -0.2) is 4.79 Å². The Bertz CT molecular complexity index is 4560. The second-order valence-electron chi connectivity index (χ2n) is 21.4. The quantitative estimate of drug-likeness (QED) is 0.0190. The molecule has 0 radical (unpaired) electrons. The number of aromatic nitrogens is 1. The molecule has 2 aliphatic rings. The molecule has 29 nitrogen and oxygen atoms in total. The molecule has 2 aliphatic heterocycles. The van der Waals surface area contributed by atoms with Crippen molar-refractivity contribution in [3.8, 4) is 11.8 Å². The molecule has 0 saturated carbocycles. The van der Waals surface area contributed by atoms with E-state index in [4.69, 9.17) is 28.5 Å². The van der Waals surface area contributed by atoms with Crippen LogP contribution in [-0.2, 0) is 89.9 Å². The summed E-state index contributed by atoms with van der Waals surface area (Å²) in [4.78, 5) is 46.3. The van der Waals surface area contributed by atoms with Crippen LogP contribution < -0.4 is 31.0 Å². The number of anilines is 1. The molecule has 1 aromatic heterocycles. The molecule has 3 unspecified atom stereocenters. The van der Waals surface area contributed by atoms with E-state index < -0.39 is 138 Å². The first kappa shape index (κ1) is 68.3. The number of carbonyl (C=O) groups is 1. The van der Waals surface area contributed by atoms with Gasteiger partial charge in [0.1, 0.15) is 16.3 Å². The number of rotatable bonds is 30. The molecule has 0 spiro atoms. The van der Waals surface area contributed by atoms with Crippen molar-refractivity contribution in [3.63, 3.8) is 0 Å². The Morgan fingerprint density at radius 2 is 1.12 bits per heavy atom. The van der Waals surface area contributed by atoms with Gasteiger partial charge in [-0.05, 0) is 85.0 Å². The SMILES string of the molecule is COCCOCCOCCOCCC1(C)C(C=c2c(=O)c(=CC3N(CCOC)c4ccc5c(S(=O)(=O)O)cc(S(=O)(=O)O)cc5c4C3(C)CCCS(=O)(=O)O)c2=O)=[N+](CCCC(=O)On2c(O)ccc2O)c2ccc3c(S(=O)(=O)O)cc(S(=O)(=O)O)cc3c21. The Morgan fingerprint density at radius 1 is 0.607 bits per heavy atom. The van der Waals surface area contributed by atoms with Crippen LogP contribution in [0.4, 0.5) is 11.4 Å². The molecule has 0 saturated heterocycles. The van der Waals surface area contributed by atoms with Crippen LogP contribution in [0.25, 0.3) is 33.7 Å². The number of hydrogen-bond donors (Lipinski definition) is 7. The second kappa shape index (κ2) is 26.3. The number of carbonyl (C=O) groups excluding carboxylic acids is 1. The van der Waals surface area contributed by atoms with Gasteiger partial charge < -0.3 is 43.6 Å². The van der Waals surface area contributed by atoms with Crippen LogP contribution in [0.2, 0.25) is 0 Å². The minimum absolute atomic E-state index is 0.00339. The Hall–Kier alpha value is -6.61. The zero-order valence-corrected chi connectivity index (χ0v) is 52.2. The number of benzene rings is 4. The predicted octanol–water partition coefficient (Wildman–Crippen LogP) is 1.39. The third kappa shape index (κ3) is 14.5. The topological polar surface area (TPSA) is 430 Å². The van der Waals surface area contributed by atoms with Crippen LogP contribution in [0.5, 0.6) is 11.8 Å². The van der Waals surface area contributed by atoms with Gasteiger partial charge in [0, 0.05) is 85.5 Å². The third-order valence-electron chi connectivity index (χ3n) is 15.7. The number of methoxy groups -OCH3 is 2. The molecular weight excluding hydrogens is 1280 g/mol. The van der Waals surface area contributed by atoms with Gasteiger partial charge in [0.05, 0.1) is 90.1 Å². The molecular formula is C55H64N3O26S5+. The molecule has 7 N–H and O–H groups in total. The fraction of sp³-hybridized carbons (Fsp3) is 0.418. The normalized spacial score (nSPS) is 18.1. The minimum Gasteiger partial charge on any atom is -0.492 e. The third-order valence-corrected chi connectivity index (χ3v) is 20.0. The van der Waals surface area contributed by atoms with Crippen molar-refractivity contribution in [2.45, 2.75) is 82.4 Å². The summed E-state index contributed by atoms with van der Waals surface area (Å²) < 4.78 is 208. The lowest BCUT2D eigenvalue weighted by Crippen LogP contribution is -2.66. The lowest BCUT2D eigenvalue weighted by molar-refractivity contribution is -0.437. The van der Waals surface area contributed by atoms with Crippen molar-refractivity contribution in [1.29, 1.82) is 0 Å². The van der Waals surface area contributed by atoms with Crippen molar-refractivity contribution < 1.29 is 113 Å². The molecule has 5 aromatic carbocycles. The standard InChI is InChI=1S/C55H63N3O26S5/c1-54(14-6-26-85(64,65)66)45(57(17-19-79-3)42-11-9-35-37(50(42)54)27-33(86(67,68)69)29-43(35)88(73,74)75)31-39-52(62)40(53(39)63)32-46-55(2,15-18-81-22-23-83-25-24-82-21-20-80-4)51-38-28-34(87(70,71)72)30-44(89(76,77)78)36(38)8-10-41(51)56(46)16-5-7-49(61)84-58-47(59)12-13-48(58)60/h8-13,27-32,45H,5-7,14-26H2,1-4H3,(H6,62,63,64,65,66,67,68,69,70,71,72,73,74,75,76,77,78)/p+1. The maximum atomic E-state index is 15.0. The number of ether oxygens (including phenoxy) is 5. The van der Waals surface area contributed by atoms with Crippen molar-refractivity contribution in [2.75, 3.05) is 90.8 Å². The molecule has 484 valence electrons. The van der Waals surface area contributed by atoms with E-state index in [1.165, 1.54) is 50.6 Å². The maximum Gasteiger partial charge on any atom is 0.333 e. The number of hydrogen-bond acceptors (Lipinski definition) is 22. The van der Waals surface area contributed by atoms with Gasteiger partial charge in [-0.3, -0.25) is 32.4 Å².